The van der Waals surface area contributed by atoms with Crippen molar-refractivity contribution in [3.05, 3.63) is 86.4 Å². The summed E-state index contributed by atoms with van der Waals surface area (Å²) in [7, 11) is 0. The zero-order valence-electron chi connectivity index (χ0n) is 15.4. The van der Waals surface area contributed by atoms with Gasteiger partial charge in [0.05, 0.1) is 11.1 Å². The van der Waals surface area contributed by atoms with E-state index >= 15 is 0 Å². The second-order valence-corrected chi connectivity index (χ2v) is 7.22. The standard InChI is InChI=1S/C22H19N3O2S/c1-2-14-27-18-11-7-6-10-17(18)15-19-21(26)25-22(28-19)23-20(24-25)13-12-16-8-4-3-5-9-16/h3-13,15H,2,14H2,1H3/b13-12+,19-15+. The molecule has 0 saturated heterocycles. The number of benzene rings is 2. The lowest BCUT2D eigenvalue weighted by Gasteiger charge is -2.07. The third-order valence-corrected chi connectivity index (χ3v) is 5.05. The molecule has 140 valence electrons. The number of para-hydroxylation sites is 1. The van der Waals surface area contributed by atoms with Crippen LogP contribution in [0.25, 0.3) is 23.2 Å². The van der Waals surface area contributed by atoms with E-state index in [4.69, 9.17) is 4.74 Å². The van der Waals surface area contributed by atoms with Gasteiger partial charge in [-0.25, -0.2) is 0 Å². The van der Waals surface area contributed by atoms with Crippen LogP contribution in [0, 0.1) is 0 Å². The van der Waals surface area contributed by atoms with Crippen LogP contribution < -0.4 is 14.8 Å². The van der Waals surface area contributed by atoms with Crippen molar-refractivity contribution in [1.29, 1.82) is 0 Å². The Labute approximate surface area is 166 Å². The topological polar surface area (TPSA) is 56.5 Å². The zero-order chi connectivity index (χ0) is 19.3. The molecule has 0 fully saturated rings. The first-order chi connectivity index (χ1) is 13.7. The van der Waals surface area contributed by atoms with Crippen LogP contribution in [0.4, 0.5) is 0 Å². The first-order valence-corrected chi connectivity index (χ1v) is 9.92. The average Bonchev–Trinajstić information content (AvgIpc) is 3.25. The summed E-state index contributed by atoms with van der Waals surface area (Å²) in [5.41, 5.74) is 1.76. The summed E-state index contributed by atoms with van der Waals surface area (Å²) in [4.78, 5) is 17.8. The van der Waals surface area contributed by atoms with Crippen molar-refractivity contribution >= 4 is 34.5 Å². The van der Waals surface area contributed by atoms with Crippen molar-refractivity contribution < 1.29 is 4.74 Å². The second-order valence-electron chi connectivity index (χ2n) is 6.21. The van der Waals surface area contributed by atoms with Crippen LogP contribution in [-0.4, -0.2) is 21.2 Å². The van der Waals surface area contributed by atoms with Gasteiger partial charge in [0.15, 0.2) is 5.82 Å². The molecule has 0 bridgehead atoms. The fraction of sp³-hybridized carbons (Fsp3) is 0.136. The van der Waals surface area contributed by atoms with Gasteiger partial charge in [-0.2, -0.15) is 9.50 Å². The quantitative estimate of drug-likeness (QED) is 0.505. The van der Waals surface area contributed by atoms with E-state index in [1.165, 1.54) is 15.9 Å². The van der Waals surface area contributed by atoms with Crippen LogP contribution in [-0.2, 0) is 0 Å². The molecule has 6 heteroatoms. The van der Waals surface area contributed by atoms with Gasteiger partial charge in [0.25, 0.3) is 5.56 Å². The van der Waals surface area contributed by atoms with E-state index in [2.05, 4.69) is 17.0 Å². The highest BCUT2D eigenvalue weighted by Gasteiger charge is 2.09. The highest BCUT2D eigenvalue weighted by Crippen LogP contribution is 2.19. The average molecular weight is 389 g/mol. The van der Waals surface area contributed by atoms with Crippen LogP contribution in [0.15, 0.2) is 59.4 Å². The van der Waals surface area contributed by atoms with Crippen LogP contribution in [0.3, 0.4) is 0 Å². The summed E-state index contributed by atoms with van der Waals surface area (Å²) in [5, 5.41) is 4.33. The van der Waals surface area contributed by atoms with Gasteiger partial charge in [0, 0.05) is 5.56 Å². The summed E-state index contributed by atoms with van der Waals surface area (Å²) in [6.45, 7) is 2.70. The Bertz CT molecular complexity index is 1230. The predicted octanol–water partition coefficient (Wildman–Crippen LogP) is 3.66. The van der Waals surface area contributed by atoms with Gasteiger partial charge in [0.1, 0.15) is 5.75 Å². The van der Waals surface area contributed by atoms with E-state index < -0.39 is 0 Å². The number of fused-ring (bicyclic) bond motifs is 1. The molecule has 5 nitrogen and oxygen atoms in total. The van der Waals surface area contributed by atoms with Crippen molar-refractivity contribution in [2.24, 2.45) is 0 Å². The number of nitrogens with zero attached hydrogens (tertiary/aromatic N) is 3. The molecule has 0 N–H and O–H groups in total. The van der Waals surface area contributed by atoms with Gasteiger partial charge in [-0.3, -0.25) is 4.79 Å². The molecule has 0 amide bonds. The van der Waals surface area contributed by atoms with Crippen LogP contribution in [0.2, 0.25) is 0 Å². The van der Waals surface area contributed by atoms with Crippen molar-refractivity contribution in [3.63, 3.8) is 0 Å². The molecule has 0 atom stereocenters. The Balaban J connectivity index is 1.67. The highest BCUT2D eigenvalue weighted by molar-refractivity contribution is 7.15. The predicted molar refractivity (Wildman–Crippen MR) is 114 cm³/mol. The fourth-order valence-electron chi connectivity index (χ4n) is 2.74. The highest BCUT2D eigenvalue weighted by atomic mass is 32.1. The Morgan fingerprint density at radius 2 is 1.86 bits per heavy atom. The van der Waals surface area contributed by atoms with E-state index in [1.54, 1.807) is 0 Å². The van der Waals surface area contributed by atoms with E-state index in [9.17, 15) is 4.79 Å². The SMILES string of the molecule is CCCOc1ccccc1/C=c1/sc2nc(/C=C/c3ccccc3)nn2c1=O. The van der Waals surface area contributed by atoms with Gasteiger partial charge < -0.3 is 4.74 Å². The third kappa shape index (κ3) is 3.87. The van der Waals surface area contributed by atoms with Crippen LogP contribution in [0.5, 0.6) is 5.75 Å². The number of thiazole rings is 1. The van der Waals surface area contributed by atoms with E-state index in [0.29, 0.717) is 21.9 Å². The molecule has 0 unspecified atom stereocenters. The zero-order valence-corrected chi connectivity index (χ0v) is 16.2. The molecule has 0 spiro atoms. The summed E-state index contributed by atoms with van der Waals surface area (Å²) in [5.74, 6) is 1.29. The van der Waals surface area contributed by atoms with Crippen molar-refractivity contribution in [2.75, 3.05) is 6.61 Å². The van der Waals surface area contributed by atoms with E-state index in [-0.39, 0.29) is 5.56 Å². The first kappa shape index (κ1) is 18.1. The Morgan fingerprint density at radius 1 is 1.07 bits per heavy atom. The molecule has 2 aromatic carbocycles. The lowest BCUT2D eigenvalue weighted by atomic mass is 10.2. The summed E-state index contributed by atoms with van der Waals surface area (Å²) in [6, 6.07) is 17.6. The molecule has 4 aromatic rings. The van der Waals surface area contributed by atoms with Gasteiger partial charge in [-0.1, -0.05) is 72.9 Å². The Morgan fingerprint density at radius 3 is 2.64 bits per heavy atom. The third-order valence-electron chi connectivity index (χ3n) is 4.09. The van der Waals surface area contributed by atoms with Crippen molar-refractivity contribution in [2.45, 2.75) is 13.3 Å². The normalized spacial score (nSPS) is 12.2. The van der Waals surface area contributed by atoms with Gasteiger partial charge in [-0.05, 0) is 30.2 Å². The first-order valence-electron chi connectivity index (χ1n) is 9.11. The minimum Gasteiger partial charge on any atom is -0.493 e. The fourth-order valence-corrected chi connectivity index (χ4v) is 3.64. The summed E-state index contributed by atoms with van der Waals surface area (Å²) < 4.78 is 7.71. The summed E-state index contributed by atoms with van der Waals surface area (Å²) in [6.07, 6.45) is 6.51. The maximum absolute atomic E-state index is 12.7. The number of rotatable bonds is 6. The largest absolute Gasteiger partial charge is 0.493 e. The molecule has 0 saturated carbocycles. The van der Waals surface area contributed by atoms with Crippen molar-refractivity contribution in [1.82, 2.24) is 14.6 Å². The number of hydrogen-bond donors (Lipinski definition) is 0. The maximum Gasteiger partial charge on any atom is 0.291 e. The Hall–Kier alpha value is -3.25. The van der Waals surface area contributed by atoms with E-state index in [0.717, 1.165) is 23.3 Å². The molecule has 2 heterocycles. The molecule has 28 heavy (non-hydrogen) atoms. The molecule has 0 radical (unpaired) electrons. The number of hydrogen-bond acceptors (Lipinski definition) is 5. The second kappa shape index (κ2) is 8.19. The molecule has 0 aliphatic rings. The van der Waals surface area contributed by atoms with Gasteiger partial charge in [-0.15, -0.1) is 5.10 Å². The lowest BCUT2D eigenvalue weighted by molar-refractivity contribution is 0.317. The van der Waals surface area contributed by atoms with Gasteiger partial charge >= 0.3 is 0 Å². The van der Waals surface area contributed by atoms with Gasteiger partial charge in [0.2, 0.25) is 4.96 Å². The van der Waals surface area contributed by atoms with E-state index in [1.807, 2.05) is 72.8 Å². The maximum atomic E-state index is 12.7. The lowest BCUT2D eigenvalue weighted by Crippen LogP contribution is -2.23. The minimum atomic E-state index is -0.169. The molecule has 0 aliphatic carbocycles. The van der Waals surface area contributed by atoms with Crippen LogP contribution in [0.1, 0.15) is 30.3 Å². The Kier molecular flexibility index (Phi) is 5.30. The minimum absolute atomic E-state index is 0.169. The molecular formula is C22H19N3O2S. The molecular weight excluding hydrogens is 370 g/mol. The smallest absolute Gasteiger partial charge is 0.291 e. The molecule has 2 aromatic heterocycles. The number of aromatic nitrogens is 3. The molecule has 4 rings (SSSR count). The molecule has 0 aliphatic heterocycles. The summed E-state index contributed by atoms with van der Waals surface area (Å²) >= 11 is 1.33. The van der Waals surface area contributed by atoms with Crippen LogP contribution >= 0.6 is 11.3 Å². The number of ether oxygens (including phenoxy) is 1. The monoisotopic (exact) mass is 389 g/mol. The van der Waals surface area contributed by atoms with Crippen molar-refractivity contribution in [3.8, 4) is 5.75 Å².